The van der Waals surface area contributed by atoms with E-state index < -0.39 is 11.6 Å². The average molecular weight is 270 g/mol. The molecule has 0 aliphatic heterocycles. The van der Waals surface area contributed by atoms with E-state index in [4.69, 9.17) is 4.74 Å². The van der Waals surface area contributed by atoms with E-state index in [1.807, 2.05) is 6.07 Å². The molecule has 0 spiro atoms. The van der Waals surface area contributed by atoms with Gasteiger partial charge < -0.3 is 4.74 Å². The zero-order valence-electron chi connectivity index (χ0n) is 12.1. The lowest BCUT2D eigenvalue weighted by Crippen LogP contribution is -2.29. The van der Waals surface area contributed by atoms with Gasteiger partial charge in [-0.2, -0.15) is 0 Å². The van der Waals surface area contributed by atoms with E-state index in [1.165, 1.54) is 12.7 Å². The Labute approximate surface area is 118 Å². The van der Waals surface area contributed by atoms with E-state index in [0.29, 0.717) is 5.56 Å². The van der Waals surface area contributed by atoms with Crippen LogP contribution in [0.4, 0.5) is 0 Å². The van der Waals surface area contributed by atoms with Crippen LogP contribution >= 0.6 is 0 Å². The molecule has 20 heavy (non-hydrogen) atoms. The fraction of sp³-hybridized carbons (Fsp3) is 0.412. The highest BCUT2D eigenvalue weighted by molar-refractivity contribution is 6.51. The number of hydrogen-bond acceptors (Lipinski definition) is 3. The van der Waals surface area contributed by atoms with Crippen LogP contribution in [0.1, 0.15) is 47.3 Å². The van der Waals surface area contributed by atoms with Crippen LogP contribution < -0.4 is 0 Å². The van der Waals surface area contributed by atoms with Crippen molar-refractivity contribution in [2.45, 2.75) is 33.1 Å². The summed E-state index contributed by atoms with van der Waals surface area (Å²) in [5.74, 6) is -0.816. The number of ether oxygens (including phenoxy) is 1. The maximum absolute atomic E-state index is 12.4. The van der Waals surface area contributed by atoms with Gasteiger partial charge in [0.25, 0.3) is 5.78 Å². The van der Waals surface area contributed by atoms with Crippen LogP contribution in [0.2, 0.25) is 0 Å². The van der Waals surface area contributed by atoms with Crippen molar-refractivity contribution in [3.8, 4) is 0 Å². The first kappa shape index (κ1) is 13.1. The second-order valence-electron chi connectivity index (χ2n) is 6.38. The predicted molar refractivity (Wildman–Crippen MR) is 76.6 cm³/mol. The van der Waals surface area contributed by atoms with Gasteiger partial charge >= 0.3 is 0 Å². The first-order valence-corrected chi connectivity index (χ1v) is 6.92. The largest absolute Gasteiger partial charge is 0.492 e. The SMILES string of the molecule is COC1=Cc2ccc3c(c2C(=O)C1=O)CC(C)(C)CC3. The first-order chi connectivity index (χ1) is 9.43. The molecule has 0 radical (unpaired) electrons. The topological polar surface area (TPSA) is 43.4 Å². The molecule has 0 fully saturated rings. The van der Waals surface area contributed by atoms with Crippen LogP contribution in [0, 0.1) is 5.41 Å². The second-order valence-corrected chi connectivity index (χ2v) is 6.38. The summed E-state index contributed by atoms with van der Waals surface area (Å²) in [5, 5.41) is 0. The minimum Gasteiger partial charge on any atom is -0.492 e. The molecule has 2 aliphatic rings. The third-order valence-electron chi connectivity index (χ3n) is 4.33. The molecule has 0 saturated carbocycles. The summed E-state index contributed by atoms with van der Waals surface area (Å²) in [6.07, 6.45) is 4.61. The van der Waals surface area contributed by atoms with E-state index in [1.54, 1.807) is 6.08 Å². The number of fused-ring (bicyclic) bond motifs is 3. The highest BCUT2D eigenvalue weighted by Gasteiger charge is 2.35. The van der Waals surface area contributed by atoms with Crippen molar-refractivity contribution in [3.05, 3.63) is 40.1 Å². The summed E-state index contributed by atoms with van der Waals surface area (Å²) >= 11 is 0. The van der Waals surface area contributed by atoms with Gasteiger partial charge in [0.2, 0.25) is 5.78 Å². The Balaban J connectivity index is 2.21. The summed E-state index contributed by atoms with van der Waals surface area (Å²) in [7, 11) is 1.42. The fourth-order valence-electron chi connectivity index (χ4n) is 3.16. The van der Waals surface area contributed by atoms with Gasteiger partial charge in [0, 0.05) is 5.56 Å². The number of benzene rings is 1. The summed E-state index contributed by atoms with van der Waals surface area (Å²) in [5.41, 5.74) is 3.85. The Morgan fingerprint density at radius 3 is 2.60 bits per heavy atom. The third kappa shape index (κ3) is 1.89. The number of ketones is 2. The number of carbonyl (C=O) groups is 2. The molecule has 0 unspecified atom stereocenters. The molecule has 2 aliphatic carbocycles. The monoisotopic (exact) mass is 270 g/mol. The molecule has 0 heterocycles. The van der Waals surface area contributed by atoms with Crippen molar-refractivity contribution in [1.82, 2.24) is 0 Å². The highest BCUT2D eigenvalue weighted by Crippen LogP contribution is 2.39. The molecule has 104 valence electrons. The average Bonchev–Trinajstić information content (AvgIpc) is 2.41. The van der Waals surface area contributed by atoms with Crippen molar-refractivity contribution in [1.29, 1.82) is 0 Å². The lowest BCUT2D eigenvalue weighted by molar-refractivity contribution is -0.114. The molecule has 1 aromatic rings. The minimum absolute atomic E-state index is 0.137. The van der Waals surface area contributed by atoms with Gasteiger partial charge in [-0.15, -0.1) is 0 Å². The summed E-state index contributed by atoms with van der Waals surface area (Å²) in [6.45, 7) is 4.42. The number of methoxy groups -OCH3 is 1. The minimum atomic E-state index is -0.531. The van der Waals surface area contributed by atoms with E-state index >= 15 is 0 Å². The number of Topliss-reactive ketones (excluding diaryl/α,β-unsaturated/α-hetero) is 2. The van der Waals surface area contributed by atoms with Gasteiger partial charge in [-0.25, -0.2) is 0 Å². The normalized spacial score (nSPS) is 20.1. The summed E-state index contributed by atoms with van der Waals surface area (Å²) in [6, 6.07) is 4.01. The van der Waals surface area contributed by atoms with Gasteiger partial charge in [0.1, 0.15) is 0 Å². The number of aryl methyl sites for hydroxylation is 1. The van der Waals surface area contributed by atoms with Crippen LogP contribution in [0.25, 0.3) is 6.08 Å². The quantitative estimate of drug-likeness (QED) is 0.737. The second kappa shape index (κ2) is 4.30. The molecule has 0 bridgehead atoms. The van der Waals surface area contributed by atoms with Gasteiger partial charge in [-0.1, -0.05) is 26.0 Å². The van der Waals surface area contributed by atoms with Gasteiger partial charge in [0.05, 0.1) is 7.11 Å². The van der Waals surface area contributed by atoms with Gasteiger partial charge in [-0.3, -0.25) is 9.59 Å². The van der Waals surface area contributed by atoms with Crippen LogP contribution in [-0.4, -0.2) is 18.7 Å². The first-order valence-electron chi connectivity index (χ1n) is 6.92. The van der Waals surface area contributed by atoms with Crippen LogP contribution in [0.5, 0.6) is 0 Å². The molecular formula is C17H18O3. The van der Waals surface area contributed by atoms with Crippen molar-refractivity contribution in [2.24, 2.45) is 5.41 Å². The van der Waals surface area contributed by atoms with Gasteiger partial charge in [-0.05, 0) is 47.4 Å². The third-order valence-corrected chi connectivity index (χ3v) is 4.33. The molecule has 3 heteroatoms. The Hall–Kier alpha value is -1.90. The van der Waals surface area contributed by atoms with Crippen molar-refractivity contribution in [2.75, 3.05) is 7.11 Å². The zero-order chi connectivity index (χ0) is 14.5. The highest BCUT2D eigenvalue weighted by atomic mass is 16.5. The maximum atomic E-state index is 12.4. The summed E-state index contributed by atoms with van der Waals surface area (Å²) < 4.78 is 5.01. The molecule has 0 aromatic heterocycles. The van der Waals surface area contributed by atoms with E-state index in [-0.39, 0.29) is 11.2 Å². The number of rotatable bonds is 1. The molecule has 3 nitrogen and oxygen atoms in total. The van der Waals surface area contributed by atoms with Gasteiger partial charge in [0.15, 0.2) is 5.76 Å². The Morgan fingerprint density at radius 2 is 1.90 bits per heavy atom. The Morgan fingerprint density at radius 1 is 1.15 bits per heavy atom. The maximum Gasteiger partial charge on any atom is 0.267 e. The molecule has 3 rings (SSSR count). The number of allylic oxidation sites excluding steroid dienone is 1. The van der Waals surface area contributed by atoms with Crippen molar-refractivity contribution in [3.63, 3.8) is 0 Å². The van der Waals surface area contributed by atoms with Crippen molar-refractivity contribution >= 4 is 17.6 Å². The van der Waals surface area contributed by atoms with Crippen LogP contribution in [0.3, 0.4) is 0 Å². The van der Waals surface area contributed by atoms with Crippen LogP contribution in [-0.2, 0) is 22.4 Å². The van der Waals surface area contributed by atoms with E-state index in [0.717, 1.165) is 30.4 Å². The Kier molecular flexibility index (Phi) is 2.82. The standard InChI is InChI=1S/C17H18O3/c1-17(2)7-6-10-4-5-11-8-13(20-3)15(18)16(19)14(11)12(10)9-17/h4-5,8H,6-7,9H2,1-3H3. The van der Waals surface area contributed by atoms with E-state index in [9.17, 15) is 9.59 Å². The number of hydrogen-bond donors (Lipinski definition) is 0. The summed E-state index contributed by atoms with van der Waals surface area (Å²) in [4.78, 5) is 24.4. The smallest absolute Gasteiger partial charge is 0.267 e. The molecule has 1 aromatic carbocycles. The molecule has 0 saturated heterocycles. The fourth-order valence-corrected chi connectivity index (χ4v) is 3.16. The van der Waals surface area contributed by atoms with E-state index in [2.05, 4.69) is 19.9 Å². The molecule has 0 N–H and O–H groups in total. The molecule has 0 atom stereocenters. The Bertz CT molecular complexity index is 650. The number of carbonyl (C=O) groups excluding carboxylic acids is 2. The zero-order valence-corrected chi connectivity index (χ0v) is 12.1. The lowest BCUT2D eigenvalue weighted by atomic mass is 9.71. The molecular weight excluding hydrogens is 252 g/mol. The lowest BCUT2D eigenvalue weighted by Gasteiger charge is -2.33. The molecule has 0 amide bonds. The van der Waals surface area contributed by atoms with Crippen LogP contribution in [0.15, 0.2) is 17.9 Å². The van der Waals surface area contributed by atoms with Crippen molar-refractivity contribution < 1.29 is 14.3 Å². The predicted octanol–water partition coefficient (Wildman–Crippen LogP) is 2.95.